The molecule has 2 aliphatic rings. The number of nitrogens with zero attached hydrogens (tertiary/aromatic N) is 3. The standard InChI is InChI=1S/C23H25ClN4O2S2/c1-31-14-6-7-17(24)16(12-14)23(30)28-10-8-27(9-11-28)13-19-25-21(29)20-15-4-2-3-5-18(15)32-22(20)26-19/h6-7,12H,2-5,8-11,13H2,1H3,(H,25,26,29). The Bertz CT molecular complexity index is 1230. The lowest BCUT2D eigenvalue weighted by atomic mass is 9.97. The van der Waals surface area contributed by atoms with Gasteiger partial charge in [-0.05, 0) is 55.7 Å². The van der Waals surface area contributed by atoms with Crippen LogP contribution in [0.25, 0.3) is 10.2 Å². The van der Waals surface area contributed by atoms with Gasteiger partial charge >= 0.3 is 0 Å². The van der Waals surface area contributed by atoms with Crippen LogP contribution >= 0.6 is 34.7 Å². The Hall–Kier alpha value is -1.87. The second-order valence-corrected chi connectivity index (χ2v) is 10.7. The van der Waals surface area contributed by atoms with Crippen molar-refractivity contribution < 1.29 is 4.79 Å². The second-order valence-electron chi connectivity index (χ2n) is 8.32. The first kappa shape index (κ1) is 21.9. The number of aryl methyl sites for hydroxylation is 2. The van der Waals surface area contributed by atoms with Crippen molar-refractivity contribution in [1.29, 1.82) is 0 Å². The number of piperazine rings is 1. The molecule has 1 aromatic carbocycles. The molecule has 2 aromatic heterocycles. The summed E-state index contributed by atoms with van der Waals surface area (Å²) in [5.41, 5.74) is 1.76. The van der Waals surface area contributed by atoms with Crippen molar-refractivity contribution in [3.63, 3.8) is 0 Å². The Morgan fingerprint density at radius 3 is 2.78 bits per heavy atom. The molecule has 0 unspecified atom stereocenters. The van der Waals surface area contributed by atoms with Crippen LogP contribution in [0, 0.1) is 0 Å². The van der Waals surface area contributed by atoms with Gasteiger partial charge in [0.1, 0.15) is 10.7 Å². The minimum Gasteiger partial charge on any atom is -0.336 e. The van der Waals surface area contributed by atoms with Crippen LogP contribution in [-0.4, -0.2) is 58.1 Å². The molecule has 0 radical (unpaired) electrons. The number of hydrogen-bond acceptors (Lipinski definition) is 6. The molecule has 0 saturated carbocycles. The number of fused-ring (bicyclic) bond motifs is 3. The fourth-order valence-corrected chi connectivity index (χ4v) is 6.49. The number of hydrogen-bond donors (Lipinski definition) is 1. The molecule has 6 nitrogen and oxygen atoms in total. The van der Waals surface area contributed by atoms with Crippen molar-refractivity contribution in [2.75, 3.05) is 32.4 Å². The number of thiophene rings is 1. The molecule has 1 fully saturated rings. The molecule has 0 bridgehead atoms. The molecule has 1 N–H and O–H groups in total. The van der Waals surface area contributed by atoms with E-state index in [0.717, 1.165) is 47.5 Å². The predicted molar refractivity (Wildman–Crippen MR) is 131 cm³/mol. The van der Waals surface area contributed by atoms with Gasteiger partial charge in [-0.2, -0.15) is 0 Å². The predicted octanol–water partition coefficient (Wildman–Crippen LogP) is 4.20. The quantitative estimate of drug-likeness (QED) is 0.557. The topological polar surface area (TPSA) is 69.3 Å². The van der Waals surface area contributed by atoms with Crippen LogP contribution < -0.4 is 5.56 Å². The minimum absolute atomic E-state index is 0.0125. The van der Waals surface area contributed by atoms with E-state index in [4.69, 9.17) is 16.6 Å². The van der Waals surface area contributed by atoms with Crippen LogP contribution in [-0.2, 0) is 19.4 Å². The summed E-state index contributed by atoms with van der Waals surface area (Å²) in [5.74, 6) is 0.680. The smallest absolute Gasteiger partial charge is 0.259 e. The molecular formula is C23H25ClN4O2S2. The Kier molecular flexibility index (Phi) is 6.29. The molecule has 3 aromatic rings. The normalized spacial score (nSPS) is 17.0. The average Bonchev–Trinajstić information content (AvgIpc) is 3.18. The number of rotatable bonds is 4. The van der Waals surface area contributed by atoms with Gasteiger partial charge in [0.25, 0.3) is 11.5 Å². The zero-order chi connectivity index (χ0) is 22.2. The van der Waals surface area contributed by atoms with Crippen LogP contribution in [0.4, 0.5) is 0 Å². The zero-order valence-corrected chi connectivity index (χ0v) is 20.3. The summed E-state index contributed by atoms with van der Waals surface area (Å²) < 4.78 is 0. The van der Waals surface area contributed by atoms with E-state index in [2.05, 4.69) is 9.88 Å². The van der Waals surface area contributed by atoms with Crippen molar-refractivity contribution in [2.24, 2.45) is 0 Å². The zero-order valence-electron chi connectivity index (χ0n) is 17.9. The van der Waals surface area contributed by atoms with Crippen LogP contribution in [0.3, 0.4) is 0 Å². The van der Waals surface area contributed by atoms with Gasteiger partial charge in [0.15, 0.2) is 0 Å². The number of carbonyl (C=O) groups is 1. The number of amides is 1. The Balaban J connectivity index is 1.27. The number of aromatic amines is 1. The Morgan fingerprint density at radius 1 is 1.22 bits per heavy atom. The molecule has 3 heterocycles. The molecule has 5 rings (SSSR count). The SMILES string of the molecule is CSc1ccc(Cl)c(C(=O)N2CCN(Cc3nc4sc5c(c4c(=O)[nH]3)CCCC5)CC2)c1. The van der Waals surface area contributed by atoms with Gasteiger partial charge in [0.05, 0.1) is 22.5 Å². The molecule has 1 aliphatic heterocycles. The van der Waals surface area contributed by atoms with E-state index in [1.165, 1.54) is 16.9 Å². The molecule has 168 valence electrons. The molecule has 9 heteroatoms. The maximum Gasteiger partial charge on any atom is 0.259 e. The summed E-state index contributed by atoms with van der Waals surface area (Å²) in [6, 6.07) is 5.58. The lowest BCUT2D eigenvalue weighted by Crippen LogP contribution is -2.48. The monoisotopic (exact) mass is 488 g/mol. The van der Waals surface area contributed by atoms with Crippen LogP contribution in [0.15, 0.2) is 27.9 Å². The van der Waals surface area contributed by atoms with Crippen molar-refractivity contribution >= 4 is 50.8 Å². The number of aromatic nitrogens is 2. The summed E-state index contributed by atoms with van der Waals surface area (Å²) in [6.07, 6.45) is 6.37. The summed E-state index contributed by atoms with van der Waals surface area (Å²) in [4.78, 5) is 40.9. The average molecular weight is 489 g/mol. The van der Waals surface area contributed by atoms with Crippen molar-refractivity contribution in [1.82, 2.24) is 19.8 Å². The summed E-state index contributed by atoms with van der Waals surface area (Å²) in [6.45, 7) is 3.29. The molecular weight excluding hydrogens is 464 g/mol. The maximum atomic E-state index is 13.0. The largest absolute Gasteiger partial charge is 0.336 e. The highest BCUT2D eigenvalue weighted by Crippen LogP contribution is 2.33. The van der Waals surface area contributed by atoms with Crippen LogP contribution in [0.5, 0.6) is 0 Å². The highest BCUT2D eigenvalue weighted by Gasteiger charge is 2.25. The van der Waals surface area contributed by atoms with Gasteiger partial charge in [0, 0.05) is 36.0 Å². The maximum absolute atomic E-state index is 13.0. The van der Waals surface area contributed by atoms with Gasteiger partial charge in [-0.3, -0.25) is 14.5 Å². The first-order valence-corrected chi connectivity index (χ1v) is 13.3. The second kappa shape index (κ2) is 9.17. The van der Waals surface area contributed by atoms with Gasteiger partial charge < -0.3 is 9.88 Å². The van der Waals surface area contributed by atoms with Gasteiger partial charge in [-0.25, -0.2) is 4.98 Å². The van der Waals surface area contributed by atoms with E-state index in [-0.39, 0.29) is 11.5 Å². The molecule has 0 atom stereocenters. The molecule has 32 heavy (non-hydrogen) atoms. The Morgan fingerprint density at radius 2 is 2.00 bits per heavy atom. The summed E-state index contributed by atoms with van der Waals surface area (Å²) >= 11 is 9.57. The van der Waals surface area contributed by atoms with Gasteiger partial charge in [-0.1, -0.05) is 11.6 Å². The number of benzene rings is 1. The van der Waals surface area contributed by atoms with Gasteiger partial charge in [-0.15, -0.1) is 23.1 Å². The first-order chi connectivity index (χ1) is 15.5. The third kappa shape index (κ3) is 4.21. The molecule has 1 amide bonds. The Labute approximate surface area is 200 Å². The summed E-state index contributed by atoms with van der Waals surface area (Å²) in [5, 5.41) is 1.29. The van der Waals surface area contributed by atoms with Crippen LogP contribution in [0.2, 0.25) is 5.02 Å². The number of H-pyrrole nitrogens is 1. The number of nitrogens with one attached hydrogen (secondary N) is 1. The fraction of sp³-hybridized carbons (Fsp3) is 0.435. The van der Waals surface area contributed by atoms with Crippen LogP contribution in [0.1, 0.15) is 39.5 Å². The molecule has 0 spiro atoms. The third-order valence-electron chi connectivity index (χ3n) is 6.31. The van der Waals surface area contributed by atoms with Crippen molar-refractivity contribution in [2.45, 2.75) is 37.1 Å². The van der Waals surface area contributed by atoms with E-state index >= 15 is 0 Å². The third-order valence-corrected chi connectivity index (χ3v) is 8.55. The fourth-order valence-electron chi connectivity index (χ4n) is 4.57. The van der Waals surface area contributed by atoms with E-state index in [9.17, 15) is 9.59 Å². The highest BCUT2D eigenvalue weighted by molar-refractivity contribution is 7.98. The lowest BCUT2D eigenvalue weighted by Gasteiger charge is -2.34. The van der Waals surface area contributed by atoms with Gasteiger partial charge in [0.2, 0.25) is 0 Å². The number of halogens is 1. The van der Waals surface area contributed by atoms with E-state index < -0.39 is 0 Å². The van der Waals surface area contributed by atoms with E-state index in [1.807, 2.05) is 23.3 Å². The van der Waals surface area contributed by atoms with E-state index in [0.29, 0.717) is 36.0 Å². The number of carbonyl (C=O) groups excluding carboxylic acids is 1. The molecule has 1 saturated heterocycles. The highest BCUT2D eigenvalue weighted by atomic mass is 35.5. The van der Waals surface area contributed by atoms with Crippen molar-refractivity contribution in [3.8, 4) is 0 Å². The summed E-state index contributed by atoms with van der Waals surface area (Å²) in [7, 11) is 0. The minimum atomic E-state index is -0.0253. The first-order valence-electron chi connectivity index (χ1n) is 10.9. The lowest BCUT2D eigenvalue weighted by molar-refractivity contribution is 0.0625. The molecule has 1 aliphatic carbocycles. The number of thioether (sulfide) groups is 1. The van der Waals surface area contributed by atoms with Crippen molar-refractivity contribution in [3.05, 3.63) is 55.4 Å². The van der Waals surface area contributed by atoms with E-state index in [1.54, 1.807) is 29.2 Å².